The van der Waals surface area contributed by atoms with Crippen LogP contribution >= 0.6 is 12.2 Å². The highest BCUT2D eigenvalue weighted by atomic mass is 32.1. The van der Waals surface area contributed by atoms with Gasteiger partial charge in [-0.1, -0.05) is 12.1 Å². The average Bonchev–Trinajstić information content (AvgIpc) is 2.60. The van der Waals surface area contributed by atoms with Crippen molar-refractivity contribution >= 4 is 34.8 Å². The highest BCUT2D eigenvalue weighted by Gasteiger charge is 2.54. The van der Waals surface area contributed by atoms with Crippen molar-refractivity contribution < 1.29 is 9.59 Å². The molecule has 0 spiro atoms. The van der Waals surface area contributed by atoms with Crippen LogP contribution < -0.4 is 16.0 Å². The molecule has 150 valence electrons. The summed E-state index contributed by atoms with van der Waals surface area (Å²) in [5, 5.41) is 9.17. The third kappa shape index (κ3) is 3.79. The molecule has 3 N–H and O–H groups in total. The molecule has 4 aliphatic rings. The Labute approximate surface area is 172 Å². The van der Waals surface area contributed by atoms with Crippen LogP contribution in [0.5, 0.6) is 0 Å². The van der Waals surface area contributed by atoms with Gasteiger partial charge in [-0.3, -0.25) is 9.59 Å². The lowest BCUT2D eigenvalue weighted by Crippen LogP contribution is -2.55. The molecule has 0 radical (unpaired) electrons. The zero-order valence-electron chi connectivity index (χ0n) is 16.6. The van der Waals surface area contributed by atoms with E-state index in [9.17, 15) is 9.59 Å². The Hall–Kier alpha value is -1.95. The number of carbonyl (C=O) groups is 2. The summed E-state index contributed by atoms with van der Waals surface area (Å²) >= 11 is 5.43. The van der Waals surface area contributed by atoms with Crippen LogP contribution in [0.3, 0.4) is 0 Å². The number of carbonyl (C=O) groups excluding carboxylic acids is 2. The van der Waals surface area contributed by atoms with E-state index < -0.39 is 0 Å². The van der Waals surface area contributed by atoms with Crippen molar-refractivity contribution in [2.24, 2.45) is 23.2 Å². The summed E-state index contributed by atoms with van der Waals surface area (Å²) in [7, 11) is 0. The fourth-order valence-corrected chi connectivity index (χ4v) is 6.11. The van der Waals surface area contributed by atoms with Gasteiger partial charge < -0.3 is 16.0 Å². The summed E-state index contributed by atoms with van der Waals surface area (Å²) in [6.07, 6.45) is 6.90. The zero-order valence-corrected chi connectivity index (χ0v) is 17.4. The Balaban J connectivity index is 1.43. The van der Waals surface area contributed by atoms with Crippen molar-refractivity contribution in [2.45, 2.75) is 58.4 Å². The lowest BCUT2D eigenvalue weighted by atomic mass is 9.49. The summed E-state index contributed by atoms with van der Waals surface area (Å²) in [5.41, 5.74) is 0.883. The number of hydrogen-bond acceptors (Lipinski definition) is 3. The second kappa shape index (κ2) is 7.47. The van der Waals surface area contributed by atoms with E-state index in [-0.39, 0.29) is 28.4 Å². The second-order valence-corrected chi connectivity index (χ2v) is 9.69. The van der Waals surface area contributed by atoms with E-state index in [0.717, 1.165) is 19.3 Å². The predicted octanol–water partition coefficient (Wildman–Crippen LogP) is 3.85. The minimum atomic E-state index is -0.241. The number of para-hydroxylation sites is 1. The quantitative estimate of drug-likeness (QED) is 0.673. The molecule has 2 amide bonds. The van der Waals surface area contributed by atoms with Gasteiger partial charge in [0, 0.05) is 6.04 Å². The zero-order chi connectivity index (χ0) is 19.9. The number of nitrogens with one attached hydrogen (secondary N) is 3. The van der Waals surface area contributed by atoms with E-state index in [1.165, 1.54) is 19.3 Å². The molecule has 28 heavy (non-hydrogen) atoms. The van der Waals surface area contributed by atoms with Crippen LogP contribution in [0, 0.1) is 23.2 Å². The fraction of sp³-hybridized carbons (Fsp3) is 0.591. The molecule has 4 aliphatic carbocycles. The highest BCUT2D eigenvalue weighted by molar-refractivity contribution is 7.80. The number of hydrogen-bond donors (Lipinski definition) is 3. The fourth-order valence-electron chi connectivity index (χ4n) is 5.91. The van der Waals surface area contributed by atoms with Gasteiger partial charge in [0.25, 0.3) is 5.91 Å². The Kier molecular flexibility index (Phi) is 5.17. The molecule has 0 aromatic heterocycles. The average molecular weight is 400 g/mol. The van der Waals surface area contributed by atoms with Gasteiger partial charge in [-0.05, 0) is 94.5 Å². The molecule has 0 saturated heterocycles. The Morgan fingerprint density at radius 3 is 2.18 bits per heavy atom. The summed E-state index contributed by atoms with van der Waals surface area (Å²) in [6, 6.07) is 7.26. The van der Waals surface area contributed by atoms with E-state index in [4.69, 9.17) is 12.2 Å². The van der Waals surface area contributed by atoms with Gasteiger partial charge in [0.15, 0.2) is 5.11 Å². The van der Waals surface area contributed by atoms with Crippen molar-refractivity contribution in [1.29, 1.82) is 0 Å². The smallest absolute Gasteiger partial charge is 0.253 e. The lowest BCUT2D eigenvalue weighted by molar-refractivity contribution is -0.144. The van der Waals surface area contributed by atoms with E-state index in [2.05, 4.69) is 16.0 Å². The SMILES string of the molecule is CC(C)NC(=O)c1ccccc1NC(=S)NC(=O)C12CC3CC(CC(C3)C1)C2. The van der Waals surface area contributed by atoms with Crippen molar-refractivity contribution in [1.82, 2.24) is 10.6 Å². The number of amides is 2. The first-order valence-corrected chi connectivity index (χ1v) is 10.8. The number of anilines is 1. The second-order valence-electron chi connectivity index (χ2n) is 9.28. The largest absolute Gasteiger partial charge is 0.350 e. The normalized spacial score (nSPS) is 30.2. The molecular weight excluding hydrogens is 370 g/mol. The highest BCUT2D eigenvalue weighted by Crippen LogP contribution is 2.60. The lowest BCUT2D eigenvalue weighted by Gasteiger charge is -2.55. The molecule has 4 fully saturated rings. The van der Waals surface area contributed by atoms with Gasteiger partial charge in [-0.25, -0.2) is 0 Å². The first-order chi connectivity index (χ1) is 13.3. The van der Waals surface area contributed by atoms with Crippen LogP contribution in [-0.2, 0) is 4.79 Å². The van der Waals surface area contributed by atoms with Gasteiger partial charge in [0.1, 0.15) is 0 Å². The molecule has 0 atom stereocenters. The minimum absolute atomic E-state index is 0.0447. The van der Waals surface area contributed by atoms with Gasteiger partial charge in [-0.15, -0.1) is 0 Å². The van der Waals surface area contributed by atoms with E-state index >= 15 is 0 Å². The molecule has 4 bridgehead atoms. The molecule has 1 aromatic carbocycles. The van der Waals surface area contributed by atoms with Crippen LogP contribution in [0.25, 0.3) is 0 Å². The van der Waals surface area contributed by atoms with Crippen LogP contribution in [0.1, 0.15) is 62.7 Å². The van der Waals surface area contributed by atoms with Crippen molar-refractivity contribution in [3.8, 4) is 0 Å². The minimum Gasteiger partial charge on any atom is -0.350 e. The molecule has 6 heteroatoms. The van der Waals surface area contributed by atoms with Crippen molar-refractivity contribution in [3.05, 3.63) is 29.8 Å². The van der Waals surface area contributed by atoms with Crippen LogP contribution in [0.4, 0.5) is 5.69 Å². The van der Waals surface area contributed by atoms with E-state index in [0.29, 0.717) is 29.0 Å². The Bertz CT molecular complexity index is 769. The number of rotatable bonds is 4. The van der Waals surface area contributed by atoms with Crippen LogP contribution in [-0.4, -0.2) is 23.0 Å². The van der Waals surface area contributed by atoms with Crippen molar-refractivity contribution in [2.75, 3.05) is 5.32 Å². The standard InChI is InChI=1S/C22H29N3O2S/c1-13(2)23-19(26)17-5-3-4-6-18(17)24-21(28)25-20(27)22-10-14-7-15(11-22)9-16(8-14)12-22/h3-6,13-16H,7-12H2,1-2H3,(H,23,26)(H2,24,25,27,28). The molecule has 1 aromatic rings. The van der Waals surface area contributed by atoms with E-state index in [1.807, 2.05) is 26.0 Å². The maximum Gasteiger partial charge on any atom is 0.253 e. The molecule has 0 heterocycles. The molecular formula is C22H29N3O2S. The monoisotopic (exact) mass is 399 g/mol. The molecule has 0 aliphatic heterocycles. The van der Waals surface area contributed by atoms with Gasteiger partial charge in [0.05, 0.1) is 16.7 Å². The Morgan fingerprint density at radius 1 is 1.04 bits per heavy atom. The number of thiocarbonyl (C=S) groups is 1. The third-order valence-corrected chi connectivity index (χ3v) is 6.79. The Morgan fingerprint density at radius 2 is 1.61 bits per heavy atom. The summed E-state index contributed by atoms with van der Waals surface area (Å²) in [5.74, 6) is 2.03. The van der Waals surface area contributed by atoms with Gasteiger partial charge in [-0.2, -0.15) is 0 Å². The maximum absolute atomic E-state index is 13.1. The first kappa shape index (κ1) is 19.4. The first-order valence-electron chi connectivity index (χ1n) is 10.4. The summed E-state index contributed by atoms with van der Waals surface area (Å²) < 4.78 is 0. The summed E-state index contributed by atoms with van der Waals surface area (Å²) in [4.78, 5) is 25.6. The molecule has 5 rings (SSSR count). The molecule has 4 saturated carbocycles. The molecule has 0 unspecified atom stereocenters. The van der Waals surface area contributed by atoms with Crippen LogP contribution in [0.15, 0.2) is 24.3 Å². The summed E-state index contributed by atoms with van der Waals surface area (Å²) in [6.45, 7) is 3.84. The number of benzene rings is 1. The molecule has 5 nitrogen and oxygen atoms in total. The van der Waals surface area contributed by atoms with Gasteiger partial charge in [0.2, 0.25) is 5.91 Å². The van der Waals surface area contributed by atoms with Gasteiger partial charge >= 0.3 is 0 Å². The topological polar surface area (TPSA) is 70.2 Å². The van der Waals surface area contributed by atoms with E-state index in [1.54, 1.807) is 12.1 Å². The predicted molar refractivity (Wildman–Crippen MR) is 114 cm³/mol. The van der Waals surface area contributed by atoms with Crippen LogP contribution in [0.2, 0.25) is 0 Å². The maximum atomic E-state index is 13.1. The van der Waals surface area contributed by atoms with Crippen molar-refractivity contribution in [3.63, 3.8) is 0 Å². The third-order valence-electron chi connectivity index (χ3n) is 6.59.